The molecule has 38 heavy (non-hydrogen) atoms. The van der Waals surface area contributed by atoms with E-state index in [1.807, 2.05) is 36.4 Å². The molecule has 1 saturated heterocycles. The lowest BCUT2D eigenvalue weighted by atomic mass is 9.98. The number of halogens is 1. The van der Waals surface area contributed by atoms with Crippen LogP contribution in [0.1, 0.15) is 20.8 Å². The third-order valence-corrected chi connectivity index (χ3v) is 12.3. The van der Waals surface area contributed by atoms with Gasteiger partial charge in [-0.2, -0.15) is 0 Å². The van der Waals surface area contributed by atoms with E-state index in [4.69, 9.17) is 19.4 Å². The number of nitrogens with zero attached hydrogens (tertiary/aromatic N) is 4. The van der Waals surface area contributed by atoms with E-state index in [0.717, 1.165) is 10.4 Å². The molecule has 1 fully saturated rings. The Morgan fingerprint density at radius 1 is 1.00 bits per heavy atom. The molecule has 0 unspecified atom stereocenters. The highest BCUT2D eigenvalue weighted by molar-refractivity contribution is 9.10. The molecule has 200 valence electrons. The molecule has 11 heteroatoms. The molecule has 0 radical (unpaired) electrons. The fraction of sp³-hybridized carbons (Fsp3) is 0.370. The Balaban J connectivity index is 1.69. The van der Waals surface area contributed by atoms with Crippen molar-refractivity contribution >= 4 is 34.6 Å². The topological polar surface area (TPSA) is 130 Å². The first-order valence-electron chi connectivity index (χ1n) is 12.3. The van der Waals surface area contributed by atoms with Gasteiger partial charge in [0.05, 0.1) is 17.2 Å². The molecular formula is C27H31BrN4O5Si. The molecule has 0 aliphatic carbocycles. The van der Waals surface area contributed by atoms with Gasteiger partial charge in [0.1, 0.15) is 18.2 Å². The highest BCUT2D eigenvalue weighted by Gasteiger charge is 2.52. The van der Waals surface area contributed by atoms with Crippen molar-refractivity contribution in [1.82, 2.24) is 4.98 Å². The summed E-state index contributed by atoms with van der Waals surface area (Å²) in [7, 11) is -2.94. The second kappa shape index (κ2) is 12.0. The van der Waals surface area contributed by atoms with Gasteiger partial charge in [0, 0.05) is 11.1 Å². The van der Waals surface area contributed by atoms with Crippen LogP contribution in [0, 0.1) is 0 Å². The molecule has 0 amide bonds. The van der Waals surface area contributed by atoms with Gasteiger partial charge in [0.25, 0.3) is 8.32 Å². The zero-order chi connectivity index (χ0) is 27.3. The summed E-state index contributed by atoms with van der Waals surface area (Å²) in [6.45, 7) is 6.41. The first-order valence-corrected chi connectivity index (χ1v) is 15.0. The quantitative estimate of drug-likeness (QED) is 0.175. The summed E-state index contributed by atoms with van der Waals surface area (Å²) in [6.07, 6.45) is -3.46. The van der Waals surface area contributed by atoms with Crippen molar-refractivity contribution in [3.8, 4) is 5.88 Å². The summed E-state index contributed by atoms with van der Waals surface area (Å²) in [6, 6.07) is 22.4. The van der Waals surface area contributed by atoms with Gasteiger partial charge in [-0.05, 0) is 49.0 Å². The minimum atomic E-state index is -2.94. The van der Waals surface area contributed by atoms with Crippen molar-refractivity contribution in [2.75, 3.05) is 6.61 Å². The van der Waals surface area contributed by atoms with E-state index in [1.54, 1.807) is 18.3 Å². The number of benzene rings is 2. The Hall–Kier alpha value is -2.76. The van der Waals surface area contributed by atoms with Crippen molar-refractivity contribution in [2.24, 2.45) is 5.11 Å². The summed E-state index contributed by atoms with van der Waals surface area (Å²) in [5, 5.41) is 27.4. The van der Waals surface area contributed by atoms with Gasteiger partial charge >= 0.3 is 0 Å². The molecule has 3 aromatic rings. The fourth-order valence-electron chi connectivity index (χ4n) is 4.87. The van der Waals surface area contributed by atoms with Gasteiger partial charge in [0.15, 0.2) is 0 Å². The molecule has 5 atom stereocenters. The van der Waals surface area contributed by atoms with Gasteiger partial charge < -0.3 is 24.1 Å². The molecule has 1 aliphatic heterocycles. The maximum absolute atomic E-state index is 11.0. The molecular weight excluding hydrogens is 568 g/mol. The van der Waals surface area contributed by atoms with E-state index in [1.165, 1.54) is 0 Å². The third kappa shape index (κ3) is 5.64. The van der Waals surface area contributed by atoms with Crippen molar-refractivity contribution < 1.29 is 24.1 Å². The Morgan fingerprint density at radius 2 is 1.61 bits per heavy atom. The van der Waals surface area contributed by atoms with E-state index in [9.17, 15) is 10.2 Å². The molecule has 4 rings (SSSR count). The number of aliphatic hydroxyl groups excluding tert-OH is 2. The van der Waals surface area contributed by atoms with Crippen LogP contribution in [0.15, 0.2) is 88.6 Å². The number of aromatic nitrogens is 1. The standard InChI is InChI=1S/C27H31BrN4O5Si/c1-27(2,3)38(18-11-6-4-7-12-18,19-13-8-5-9-14-19)35-17-21-23(33)24(34)22(31-32-29)26(36-21)37-25-20(28)15-10-16-30-25/h4-16,21-24,26,33-34H,17H2,1-3H3/t21-,22-,23-,24-,26-/m1/s1. The summed E-state index contributed by atoms with van der Waals surface area (Å²) in [4.78, 5) is 7.00. The maximum Gasteiger partial charge on any atom is 0.261 e. The Morgan fingerprint density at radius 3 is 2.13 bits per heavy atom. The molecule has 1 aromatic heterocycles. The molecule has 0 bridgehead atoms. The monoisotopic (exact) mass is 598 g/mol. The highest BCUT2D eigenvalue weighted by Crippen LogP contribution is 2.38. The van der Waals surface area contributed by atoms with Crippen LogP contribution < -0.4 is 15.1 Å². The van der Waals surface area contributed by atoms with Crippen LogP contribution in [0.2, 0.25) is 5.04 Å². The Bertz CT molecular complexity index is 1220. The molecule has 0 spiro atoms. The molecule has 2 N–H and O–H groups in total. The number of pyridine rings is 1. The minimum Gasteiger partial charge on any atom is -0.446 e. The zero-order valence-corrected chi connectivity index (χ0v) is 24.0. The molecule has 2 heterocycles. The highest BCUT2D eigenvalue weighted by atomic mass is 79.9. The van der Waals surface area contributed by atoms with Crippen LogP contribution in [0.5, 0.6) is 5.88 Å². The van der Waals surface area contributed by atoms with Gasteiger partial charge in [-0.15, -0.1) is 0 Å². The number of hydrogen-bond donors (Lipinski definition) is 2. The zero-order valence-electron chi connectivity index (χ0n) is 21.4. The van der Waals surface area contributed by atoms with Gasteiger partial charge in [0.2, 0.25) is 12.2 Å². The molecule has 0 saturated carbocycles. The van der Waals surface area contributed by atoms with Gasteiger partial charge in [-0.25, -0.2) is 4.98 Å². The Kier molecular flexibility index (Phi) is 8.89. The summed E-state index contributed by atoms with van der Waals surface area (Å²) >= 11 is 3.38. The second-order valence-corrected chi connectivity index (χ2v) is 15.3. The van der Waals surface area contributed by atoms with Crippen LogP contribution in [0.4, 0.5) is 0 Å². The number of rotatable bonds is 8. The first-order chi connectivity index (χ1) is 18.2. The number of aliphatic hydroxyl groups is 2. The predicted octanol–water partition coefficient (Wildman–Crippen LogP) is 3.93. The lowest BCUT2D eigenvalue weighted by molar-refractivity contribution is -0.238. The summed E-state index contributed by atoms with van der Waals surface area (Å²) < 4.78 is 19.5. The van der Waals surface area contributed by atoms with Crippen LogP contribution in [0.3, 0.4) is 0 Å². The summed E-state index contributed by atoms with van der Waals surface area (Å²) in [5.41, 5.74) is 9.09. The number of ether oxygens (including phenoxy) is 2. The van der Waals surface area contributed by atoms with Crippen LogP contribution in [-0.2, 0) is 9.16 Å². The molecule has 1 aliphatic rings. The maximum atomic E-state index is 11.0. The lowest BCUT2D eigenvalue weighted by Crippen LogP contribution is -2.68. The van der Waals surface area contributed by atoms with E-state index >= 15 is 0 Å². The van der Waals surface area contributed by atoms with E-state index in [2.05, 4.69) is 76.0 Å². The third-order valence-electron chi connectivity index (χ3n) is 6.69. The normalized spacial score (nSPS) is 23.9. The van der Waals surface area contributed by atoms with E-state index in [0.29, 0.717) is 4.47 Å². The Labute approximate surface area is 231 Å². The minimum absolute atomic E-state index is 0.0300. The first kappa shape index (κ1) is 28.3. The molecule has 9 nitrogen and oxygen atoms in total. The predicted molar refractivity (Wildman–Crippen MR) is 150 cm³/mol. The second-order valence-electron chi connectivity index (χ2n) is 10.1. The number of hydrogen-bond acceptors (Lipinski definition) is 7. The molecule has 2 aromatic carbocycles. The van der Waals surface area contributed by atoms with Crippen LogP contribution >= 0.6 is 15.9 Å². The summed E-state index contributed by atoms with van der Waals surface area (Å²) in [5.74, 6) is 0.200. The van der Waals surface area contributed by atoms with Crippen LogP contribution in [0.25, 0.3) is 10.4 Å². The lowest BCUT2D eigenvalue weighted by Gasteiger charge is -2.45. The van der Waals surface area contributed by atoms with Gasteiger partial charge in [-0.3, -0.25) is 0 Å². The van der Waals surface area contributed by atoms with Crippen molar-refractivity contribution in [2.45, 2.75) is 56.5 Å². The number of azide groups is 1. The van der Waals surface area contributed by atoms with E-state index in [-0.39, 0.29) is 17.5 Å². The van der Waals surface area contributed by atoms with E-state index < -0.39 is 39.0 Å². The van der Waals surface area contributed by atoms with Gasteiger partial charge in [-0.1, -0.05) is 86.5 Å². The van der Waals surface area contributed by atoms with Crippen molar-refractivity contribution in [3.05, 3.63) is 93.9 Å². The fourth-order valence-corrected chi connectivity index (χ4v) is 9.79. The average Bonchev–Trinajstić information content (AvgIpc) is 2.91. The van der Waals surface area contributed by atoms with Crippen molar-refractivity contribution in [1.29, 1.82) is 0 Å². The van der Waals surface area contributed by atoms with Crippen LogP contribution in [-0.4, -0.2) is 60.8 Å². The average molecular weight is 600 g/mol. The SMILES string of the molecule is CC(C)(C)[Si](OC[C@H]1O[C@H](Oc2ncccc2Br)[C@H](N=[N+]=[N-])[C@@H](O)[C@@H]1O)(c1ccccc1)c1ccccc1. The smallest absolute Gasteiger partial charge is 0.261 e. The largest absolute Gasteiger partial charge is 0.446 e. The van der Waals surface area contributed by atoms with Crippen molar-refractivity contribution in [3.63, 3.8) is 0 Å².